The molecular formula is C24H25ClN8O2. The first-order chi connectivity index (χ1) is 17.1. The summed E-state index contributed by atoms with van der Waals surface area (Å²) < 4.78 is 6.02. The number of aromatic amines is 1. The summed E-state index contributed by atoms with van der Waals surface area (Å²) in [6, 6.07) is 15.2. The van der Waals surface area contributed by atoms with E-state index in [1.54, 1.807) is 30.5 Å². The highest BCUT2D eigenvalue weighted by Gasteiger charge is 2.15. The Bertz CT molecular complexity index is 1300. The first-order valence-electron chi connectivity index (χ1n) is 11.2. The fourth-order valence-corrected chi connectivity index (χ4v) is 3.87. The molecule has 180 valence electrons. The van der Waals surface area contributed by atoms with Crippen LogP contribution in [0.3, 0.4) is 0 Å². The second-order valence-electron chi connectivity index (χ2n) is 8.26. The van der Waals surface area contributed by atoms with E-state index in [0.29, 0.717) is 34.3 Å². The van der Waals surface area contributed by atoms with E-state index in [4.69, 9.17) is 16.3 Å². The number of piperazine rings is 1. The van der Waals surface area contributed by atoms with Gasteiger partial charge in [0.15, 0.2) is 5.65 Å². The van der Waals surface area contributed by atoms with Gasteiger partial charge in [0.2, 0.25) is 17.7 Å². The number of carbonyl (C=O) groups is 1. The number of carbonyl (C=O) groups excluding carboxylic acids is 1. The highest BCUT2D eigenvalue weighted by molar-refractivity contribution is 6.29. The number of fused-ring (bicyclic) bond motifs is 1. The lowest BCUT2D eigenvalue weighted by atomic mass is 10.2. The Morgan fingerprint density at radius 2 is 1.74 bits per heavy atom. The Morgan fingerprint density at radius 3 is 2.46 bits per heavy atom. The SMILES string of the molecule is CN1CCN(c2ccc(Nc3nc(Oc4ccc(NC(=O)CCl)cc4)c4cn[nH]c4n3)cc2)CC1. The average Bonchev–Trinajstić information content (AvgIpc) is 3.35. The number of alkyl halides is 1. The first kappa shape index (κ1) is 22.9. The minimum Gasteiger partial charge on any atom is -0.438 e. The molecular weight excluding hydrogens is 468 g/mol. The Kier molecular flexibility index (Phi) is 6.64. The number of aromatic nitrogens is 4. The maximum Gasteiger partial charge on any atom is 0.239 e. The van der Waals surface area contributed by atoms with Crippen molar-refractivity contribution in [1.29, 1.82) is 0 Å². The summed E-state index contributed by atoms with van der Waals surface area (Å²) >= 11 is 5.54. The van der Waals surface area contributed by atoms with Crippen LogP contribution >= 0.6 is 11.6 Å². The van der Waals surface area contributed by atoms with E-state index in [2.05, 4.69) is 59.8 Å². The second-order valence-corrected chi connectivity index (χ2v) is 8.52. The molecule has 3 heterocycles. The molecule has 5 rings (SSSR count). The van der Waals surface area contributed by atoms with Crippen molar-refractivity contribution < 1.29 is 9.53 Å². The lowest BCUT2D eigenvalue weighted by molar-refractivity contribution is -0.113. The van der Waals surface area contributed by atoms with Crippen LogP contribution in [-0.4, -0.2) is 70.1 Å². The maximum atomic E-state index is 11.5. The van der Waals surface area contributed by atoms with Gasteiger partial charge in [-0.2, -0.15) is 15.1 Å². The molecule has 3 N–H and O–H groups in total. The van der Waals surface area contributed by atoms with Crippen LogP contribution in [0.4, 0.5) is 23.0 Å². The van der Waals surface area contributed by atoms with E-state index in [-0.39, 0.29) is 11.8 Å². The van der Waals surface area contributed by atoms with Gasteiger partial charge in [0.05, 0.1) is 6.20 Å². The molecule has 1 fully saturated rings. The van der Waals surface area contributed by atoms with Gasteiger partial charge in [0.1, 0.15) is 17.0 Å². The molecule has 10 nitrogen and oxygen atoms in total. The zero-order chi connectivity index (χ0) is 24.2. The van der Waals surface area contributed by atoms with E-state index in [0.717, 1.165) is 31.9 Å². The molecule has 0 bridgehead atoms. The third kappa shape index (κ3) is 5.44. The van der Waals surface area contributed by atoms with Crippen LogP contribution in [0.1, 0.15) is 0 Å². The summed E-state index contributed by atoms with van der Waals surface area (Å²) in [5, 5.41) is 13.5. The molecule has 1 aliphatic rings. The summed E-state index contributed by atoms with van der Waals surface area (Å²) in [5.74, 6) is 0.917. The predicted octanol–water partition coefficient (Wildman–Crippen LogP) is 3.82. The summed E-state index contributed by atoms with van der Waals surface area (Å²) in [5.41, 5.74) is 3.24. The molecule has 35 heavy (non-hydrogen) atoms. The molecule has 0 atom stereocenters. The van der Waals surface area contributed by atoms with Crippen molar-refractivity contribution >= 4 is 51.6 Å². The Morgan fingerprint density at radius 1 is 1.03 bits per heavy atom. The average molecular weight is 493 g/mol. The van der Waals surface area contributed by atoms with Gasteiger partial charge in [-0.1, -0.05) is 0 Å². The number of rotatable bonds is 7. The Balaban J connectivity index is 1.31. The quantitative estimate of drug-likeness (QED) is 0.334. The van der Waals surface area contributed by atoms with Crippen LogP contribution in [0.25, 0.3) is 11.0 Å². The van der Waals surface area contributed by atoms with Crippen LogP contribution in [0.15, 0.2) is 54.7 Å². The van der Waals surface area contributed by atoms with Crippen LogP contribution < -0.4 is 20.3 Å². The number of benzene rings is 2. The van der Waals surface area contributed by atoms with Gasteiger partial charge < -0.3 is 25.2 Å². The van der Waals surface area contributed by atoms with Gasteiger partial charge >= 0.3 is 0 Å². The van der Waals surface area contributed by atoms with Gasteiger partial charge in [0, 0.05) is 43.2 Å². The van der Waals surface area contributed by atoms with Crippen LogP contribution in [-0.2, 0) is 4.79 Å². The molecule has 11 heteroatoms. The highest BCUT2D eigenvalue weighted by atomic mass is 35.5. The van der Waals surface area contributed by atoms with E-state index in [1.165, 1.54) is 5.69 Å². The number of nitrogens with zero attached hydrogens (tertiary/aromatic N) is 5. The Labute approximate surface area is 207 Å². The molecule has 0 aliphatic carbocycles. The summed E-state index contributed by atoms with van der Waals surface area (Å²) in [6.07, 6.45) is 1.62. The number of ether oxygens (including phenoxy) is 1. The first-order valence-corrected chi connectivity index (χ1v) is 11.8. The molecule has 0 radical (unpaired) electrons. The van der Waals surface area contributed by atoms with Crippen molar-refractivity contribution in [2.45, 2.75) is 0 Å². The molecule has 0 saturated carbocycles. The Hall–Kier alpha value is -3.89. The number of halogens is 1. The van der Waals surface area contributed by atoms with Crippen molar-refractivity contribution in [2.24, 2.45) is 0 Å². The van der Waals surface area contributed by atoms with Crippen LogP contribution in [0.2, 0.25) is 0 Å². The lowest BCUT2D eigenvalue weighted by Gasteiger charge is -2.34. The predicted molar refractivity (Wildman–Crippen MR) is 137 cm³/mol. The topological polar surface area (TPSA) is 111 Å². The minimum atomic E-state index is -0.275. The number of hydrogen-bond acceptors (Lipinski definition) is 8. The number of amides is 1. The van der Waals surface area contributed by atoms with Crippen LogP contribution in [0.5, 0.6) is 11.6 Å². The van der Waals surface area contributed by atoms with Crippen molar-refractivity contribution in [3.63, 3.8) is 0 Å². The highest BCUT2D eigenvalue weighted by Crippen LogP contribution is 2.29. The van der Waals surface area contributed by atoms with E-state index >= 15 is 0 Å². The monoisotopic (exact) mass is 492 g/mol. The fraction of sp³-hybridized carbons (Fsp3) is 0.250. The number of nitrogens with one attached hydrogen (secondary N) is 3. The molecule has 1 aliphatic heterocycles. The third-order valence-corrected chi connectivity index (χ3v) is 5.98. The standard InChI is InChI=1S/C24H25ClN8O2/c1-32-10-12-33(13-11-32)18-6-2-17(3-7-18)28-24-29-22-20(15-26-31-22)23(30-24)35-19-8-4-16(5-9-19)27-21(34)14-25/h2-9,15H,10-14H2,1H3,(H,27,34)(H2,26,28,29,30,31). The molecule has 1 saturated heterocycles. The van der Waals surface area contributed by atoms with E-state index in [1.807, 2.05) is 12.1 Å². The summed E-state index contributed by atoms with van der Waals surface area (Å²) in [6.45, 7) is 4.16. The molecule has 1 amide bonds. The van der Waals surface area contributed by atoms with E-state index in [9.17, 15) is 4.79 Å². The molecule has 0 unspecified atom stereocenters. The maximum absolute atomic E-state index is 11.5. The number of anilines is 4. The van der Waals surface area contributed by atoms with Crippen molar-refractivity contribution in [3.8, 4) is 11.6 Å². The number of hydrogen-bond donors (Lipinski definition) is 3. The van der Waals surface area contributed by atoms with Crippen molar-refractivity contribution in [3.05, 3.63) is 54.7 Å². The minimum absolute atomic E-state index is 0.105. The summed E-state index contributed by atoms with van der Waals surface area (Å²) in [7, 11) is 2.15. The number of H-pyrrole nitrogens is 1. The zero-order valence-electron chi connectivity index (χ0n) is 19.2. The molecule has 2 aromatic carbocycles. The number of likely N-dealkylation sites (N-methyl/N-ethyl adjacent to an activating group) is 1. The van der Waals surface area contributed by atoms with Crippen molar-refractivity contribution in [2.75, 3.05) is 54.6 Å². The van der Waals surface area contributed by atoms with Gasteiger partial charge in [-0.25, -0.2) is 0 Å². The second kappa shape index (κ2) is 10.2. The van der Waals surface area contributed by atoms with Gasteiger partial charge in [-0.15, -0.1) is 11.6 Å². The zero-order valence-corrected chi connectivity index (χ0v) is 19.9. The van der Waals surface area contributed by atoms with Gasteiger partial charge in [0.25, 0.3) is 0 Å². The lowest BCUT2D eigenvalue weighted by Crippen LogP contribution is -2.44. The third-order valence-electron chi connectivity index (χ3n) is 5.74. The molecule has 0 spiro atoms. The fourth-order valence-electron chi connectivity index (χ4n) is 3.80. The largest absolute Gasteiger partial charge is 0.438 e. The normalized spacial score (nSPS) is 14.2. The van der Waals surface area contributed by atoms with Gasteiger partial charge in [-0.3, -0.25) is 9.89 Å². The van der Waals surface area contributed by atoms with E-state index < -0.39 is 0 Å². The van der Waals surface area contributed by atoms with Crippen molar-refractivity contribution in [1.82, 2.24) is 25.1 Å². The smallest absolute Gasteiger partial charge is 0.239 e. The molecule has 4 aromatic rings. The molecule has 2 aromatic heterocycles. The summed E-state index contributed by atoms with van der Waals surface area (Å²) in [4.78, 5) is 25.3. The van der Waals surface area contributed by atoms with Crippen LogP contribution in [0, 0.1) is 0 Å². The van der Waals surface area contributed by atoms with Gasteiger partial charge in [-0.05, 0) is 55.6 Å².